The minimum atomic E-state index is -0.145. The smallest absolute Gasteiger partial charge is 0.254 e. The van der Waals surface area contributed by atoms with Crippen molar-refractivity contribution < 1.29 is 9.21 Å². The van der Waals surface area contributed by atoms with Gasteiger partial charge in [0.15, 0.2) is 0 Å². The number of amides is 1. The molecule has 0 saturated carbocycles. The number of carbonyl (C=O) groups excluding carboxylic acids is 1. The monoisotopic (exact) mass is 370 g/mol. The van der Waals surface area contributed by atoms with Gasteiger partial charge in [0.2, 0.25) is 0 Å². The molecule has 1 aromatic heterocycles. The quantitative estimate of drug-likeness (QED) is 0.763. The van der Waals surface area contributed by atoms with Gasteiger partial charge in [-0.3, -0.25) is 4.79 Å². The van der Waals surface area contributed by atoms with Gasteiger partial charge in [0, 0.05) is 17.0 Å². The highest BCUT2D eigenvalue weighted by atomic mass is 35.5. The number of furan rings is 1. The molecule has 0 unspecified atom stereocenters. The topological polar surface area (TPSA) is 68.3 Å². The van der Waals surface area contributed by atoms with Gasteiger partial charge < -0.3 is 15.5 Å². The van der Waals surface area contributed by atoms with Gasteiger partial charge in [-0.1, -0.05) is 37.6 Å². The first-order valence-electron chi connectivity index (χ1n) is 7.86. The van der Waals surface area contributed by atoms with Gasteiger partial charge in [0.1, 0.15) is 12.0 Å². The third-order valence-electron chi connectivity index (χ3n) is 4.51. The van der Waals surface area contributed by atoms with Crippen LogP contribution in [0.25, 0.3) is 0 Å². The molecule has 0 saturated heterocycles. The highest BCUT2D eigenvalue weighted by Crippen LogP contribution is 2.32. The van der Waals surface area contributed by atoms with Gasteiger partial charge in [-0.15, -0.1) is 12.4 Å². The van der Waals surface area contributed by atoms with E-state index >= 15 is 0 Å². The van der Waals surface area contributed by atoms with E-state index in [2.05, 4.69) is 19.2 Å². The summed E-state index contributed by atoms with van der Waals surface area (Å²) in [7, 11) is 0. The first-order chi connectivity index (χ1) is 11.0. The lowest BCUT2D eigenvalue weighted by atomic mass is 9.76. The number of nitrogens with one attached hydrogen (secondary N) is 1. The molecule has 2 rings (SSSR count). The Kier molecular flexibility index (Phi) is 7.80. The average molecular weight is 371 g/mol. The molecule has 1 amide bonds. The van der Waals surface area contributed by atoms with Crippen LogP contribution >= 0.6 is 24.0 Å². The van der Waals surface area contributed by atoms with Crippen molar-refractivity contribution in [3.63, 3.8) is 0 Å². The van der Waals surface area contributed by atoms with Crippen molar-refractivity contribution in [2.45, 2.75) is 38.6 Å². The Morgan fingerprint density at radius 1 is 1.25 bits per heavy atom. The van der Waals surface area contributed by atoms with Gasteiger partial charge in [0.05, 0.1) is 12.1 Å². The number of hydrogen-bond donors (Lipinski definition) is 2. The normalized spacial score (nSPS) is 11.0. The van der Waals surface area contributed by atoms with E-state index in [9.17, 15) is 4.79 Å². The van der Waals surface area contributed by atoms with Crippen LogP contribution in [-0.2, 0) is 12.0 Å². The van der Waals surface area contributed by atoms with E-state index in [1.54, 1.807) is 6.07 Å². The van der Waals surface area contributed by atoms with Crippen LogP contribution in [0.3, 0.4) is 0 Å². The summed E-state index contributed by atoms with van der Waals surface area (Å²) in [4.78, 5) is 12.3. The molecule has 0 bridgehead atoms. The van der Waals surface area contributed by atoms with Crippen LogP contribution in [0.15, 0.2) is 41.0 Å². The van der Waals surface area contributed by atoms with Crippen LogP contribution in [0.1, 0.15) is 48.4 Å². The molecule has 6 heteroatoms. The molecular weight excluding hydrogens is 347 g/mol. The predicted octanol–water partition coefficient (Wildman–Crippen LogP) is 4.30. The fraction of sp³-hybridized carbons (Fsp3) is 0.389. The zero-order chi connectivity index (χ0) is 16.9. The summed E-state index contributed by atoms with van der Waals surface area (Å²) in [6.07, 6.45) is 3.29. The van der Waals surface area contributed by atoms with E-state index in [0.717, 1.165) is 12.8 Å². The van der Waals surface area contributed by atoms with Crippen molar-refractivity contribution in [2.24, 2.45) is 5.73 Å². The first kappa shape index (κ1) is 20.6. The number of rotatable bonds is 7. The lowest BCUT2D eigenvalue weighted by molar-refractivity contribution is 0.0941. The van der Waals surface area contributed by atoms with E-state index in [-0.39, 0.29) is 30.3 Å². The Bertz CT molecular complexity index is 649. The van der Waals surface area contributed by atoms with Crippen molar-refractivity contribution in [2.75, 3.05) is 6.54 Å². The minimum absolute atomic E-state index is 0. The van der Waals surface area contributed by atoms with Crippen LogP contribution in [0, 0.1) is 0 Å². The van der Waals surface area contributed by atoms with Gasteiger partial charge in [-0.25, -0.2) is 0 Å². The largest absolute Gasteiger partial charge is 0.467 e. The van der Waals surface area contributed by atoms with Gasteiger partial charge >= 0.3 is 0 Å². The molecule has 0 aliphatic rings. The maximum atomic E-state index is 12.3. The summed E-state index contributed by atoms with van der Waals surface area (Å²) in [5.74, 6) is 0.457. The summed E-state index contributed by atoms with van der Waals surface area (Å²) >= 11 is 5.98. The Labute approximate surface area is 154 Å². The Morgan fingerprint density at radius 3 is 2.38 bits per heavy atom. The molecule has 2 aromatic rings. The molecule has 1 heterocycles. The maximum absolute atomic E-state index is 12.3. The first-order valence-corrected chi connectivity index (χ1v) is 8.24. The second-order valence-electron chi connectivity index (χ2n) is 5.68. The molecule has 0 atom stereocenters. The number of halogens is 2. The molecule has 3 N–H and O–H groups in total. The molecule has 0 radical (unpaired) electrons. The number of carbonyl (C=O) groups is 1. The van der Waals surface area contributed by atoms with E-state index in [1.165, 1.54) is 11.8 Å². The molecule has 24 heavy (non-hydrogen) atoms. The summed E-state index contributed by atoms with van der Waals surface area (Å²) in [6.45, 7) is 5.11. The van der Waals surface area contributed by atoms with Gasteiger partial charge in [-0.05, 0) is 36.6 Å². The third kappa shape index (κ3) is 4.53. The Morgan fingerprint density at radius 2 is 1.88 bits per heavy atom. The summed E-state index contributed by atoms with van der Waals surface area (Å²) in [5.41, 5.74) is 7.08. The summed E-state index contributed by atoms with van der Waals surface area (Å²) < 4.78 is 5.22. The molecule has 0 aliphatic heterocycles. The van der Waals surface area contributed by atoms with E-state index < -0.39 is 0 Å². The molecule has 132 valence electrons. The van der Waals surface area contributed by atoms with Crippen molar-refractivity contribution in [1.29, 1.82) is 0 Å². The average Bonchev–Trinajstić information content (AvgIpc) is 3.06. The zero-order valence-corrected chi connectivity index (χ0v) is 15.5. The van der Waals surface area contributed by atoms with Crippen LogP contribution in [0.4, 0.5) is 0 Å². The fourth-order valence-electron chi connectivity index (χ4n) is 2.77. The van der Waals surface area contributed by atoms with E-state index in [0.29, 0.717) is 22.9 Å². The van der Waals surface area contributed by atoms with Crippen LogP contribution in [0.5, 0.6) is 0 Å². The van der Waals surface area contributed by atoms with Crippen LogP contribution < -0.4 is 11.1 Å². The fourth-order valence-corrected chi connectivity index (χ4v) is 2.90. The number of benzene rings is 1. The lowest BCUT2D eigenvalue weighted by Crippen LogP contribution is -2.40. The highest BCUT2D eigenvalue weighted by molar-refractivity contribution is 6.30. The van der Waals surface area contributed by atoms with Crippen molar-refractivity contribution in [3.8, 4) is 0 Å². The second kappa shape index (κ2) is 9.11. The Hall–Kier alpha value is -1.49. The SMILES string of the molecule is CCC(CC)(CNC(=O)c1coc(CN)c1)c1ccc(Cl)cc1.Cl. The Balaban J connectivity index is 0.00000288. The molecule has 0 aliphatic carbocycles. The van der Waals surface area contributed by atoms with Gasteiger partial charge in [0.25, 0.3) is 5.91 Å². The number of nitrogens with two attached hydrogens (primary N) is 1. The standard InChI is InChI=1S/C18H23ClN2O2.ClH/c1-3-18(4-2,14-5-7-15(19)8-6-14)12-21-17(22)13-9-16(10-20)23-11-13;/h5-9,11H,3-4,10,12,20H2,1-2H3,(H,21,22);1H. The van der Waals surface area contributed by atoms with Crippen molar-refractivity contribution >= 4 is 29.9 Å². The maximum Gasteiger partial charge on any atom is 0.254 e. The second-order valence-corrected chi connectivity index (χ2v) is 6.12. The predicted molar refractivity (Wildman–Crippen MR) is 99.9 cm³/mol. The third-order valence-corrected chi connectivity index (χ3v) is 4.77. The minimum Gasteiger partial charge on any atom is -0.467 e. The summed E-state index contributed by atoms with van der Waals surface area (Å²) in [6, 6.07) is 9.53. The highest BCUT2D eigenvalue weighted by Gasteiger charge is 2.29. The van der Waals surface area contributed by atoms with Crippen LogP contribution in [-0.4, -0.2) is 12.5 Å². The van der Waals surface area contributed by atoms with Crippen LogP contribution in [0.2, 0.25) is 5.02 Å². The molecule has 4 nitrogen and oxygen atoms in total. The molecule has 1 aromatic carbocycles. The molecule has 0 fully saturated rings. The van der Waals surface area contributed by atoms with Crippen molar-refractivity contribution in [3.05, 3.63) is 58.5 Å². The molecular formula is C18H24Cl2N2O2. The van der Waals surface area contributed by atoms with E-state index in [1.807, 2.05) is 24.3 Å². The number of hydrogen-bond acceptors (Lipinski definition) is 3. The summed E-state index contributed by atoms with van der Waals surface area (Å²) in [5, 5.41) is 3.73. The van der Waals surface area contributed by atoms with Gasteiger partial charge in [-0.2, -0.15) is 0 Å². The van der Waals surface area contributed by atoms with E-state index in [4.69, 9.17) is 21.8 Å². The lowest BCUT2D eigenvalue weighted by Gasteiger charge is -2.32. The van der Waals surface area contributed by atoms with Crippen molar-refractivity contribution in [1.82, 2.24) is 5.32 Å². The molecule has 0 spiro atoms. The zero-order valence-electron chi connectivity index (χ0n) is 14.0.